The van der Waals surface area contributed by atoms with E-state index in [0.29, 0.717) is 28.0 Å². The van der Waals surface area contributed by atoms with Crippen molar-refractivity contribution >= 4 is 35.4 Å². The molecule has 6 nitrogen and oxygen atoms in total. The number of amides is 2. The first-order chi connectivity index (χ1) is 9.99. The molecule has 0 aliphatic carbocycles. The lowest BCUT2D eigenvalue weighted by Crippen LogP contribution is -2.24. The summed E-state index contributed by atoms with van der Waals surface area (Å²) in [6.07, 6.45) is 1.40. The maximum atomic E-state index is 10.6. The normalized spacial score (nSPS) is 11.0. The number of hydrazone groups is 1. The van der Waals surface area contributed by atoms with Crippen LogP contribution in [0.2, 0.25) is 10.2 Å². The molecule has 0 radical (unpaired) electrons. The highest BCUT2D eigenvalue weighted by Crippen LogP contribution is 2.22. The van der Waals surface area contributed by atoms with Crippen LogP contribution in [0.4, 0.5) is 4.79 Å². The molecular weight excluding hydrogens is 313 g/mol. The molecule has 0 spiro atoms. The van der Waals surface area contributed by atoms with Crippen molar-refractivity contribution in [3.8, 4) is 0 Å². The van der Waals surface area contributed by atoms with Crippen LogP contribution in [0.15, 0.2) is 29.4 Å². The number of hydrogen-bond donors (Lipinski definition) is 2. The topological polar surface area (TPSA) is 85.3 Å². The molecule has 3 N–H and O–H groups in total. The van der Waals surface area contributed by atoms with Crippen LogP contribution in [0.1, 0.15) is 16.8 Å². The highest BCUT2D eigenvalue weighted by atomic mass is 35.5. The lowest BCUT2D eigenvalue weighted by atomic mass is 10.2. The number of aryl methyl sites for hydroxylation is 1. The molecule has 2 amide bonds. The molecule has 2 aromatic rings. The van der Waals surface area contributed by atoms with Gasteiger partial charge in [-0.25, -0.2) is 14.9 Å². The Balaban J connectivity index is 2.25. The summed E-state index contributed by atoms with van der Waals surface area (Å²) in [7, 11) is 0. The summed E-state index contributed by atoms with van der Waals surface area (Å²) in [5, 5.41) is 9.07. The van der Waals surface area contributed by atoms with E-state index < -0.39 is 6.03 Å². The van der Waals surface area contributed by atoms with E-state index >= 15 is 0 Å². The number of hydrogen-bond acceptors (Lipinski definition) is 3. The third kappa shape index (κ3) is 3.74. The van der Waals surface area contributed by atoms with Crippen molar-refractivity contribution in [2.75, 3.05) is 0 Å². The van der Waals surface area contributed by atoms with Crippen molar-refractivity contribution < 1.29 is 4.79 Å². The number of carbonyl (C=O) groups is 1. The van der Waals surface area contributed by atoms with Gasteiger partial charge < -0.3 is 5.73 Å². The summed E-state index contributed by atoms with van der Waals surface area (Å²) < 4.78 is 1.61. The van der Waals surface area contributed by atoms with Crippen LogP contribution in [0.5, 0.6) is 0 Å². The summed E-state index contributed by atoms with van der Waals surface area (Å²) in [5.41, 5.74) is 9.23. The largest absolute Gasteiger partial charge is 0.350 e. The van der Waals surface area contributed by atoms with Crippen molar-refractivity contribution in [3.05, 3.63) is 51.3 Å². The Hall–Kier alpha value is -2.05. The summed E-state index contributed by atoms with van der Waals surface area (Å²) in [6, 6.07) is 6.71. The van der Waals surface area contributed by atoms with E-state index in [4.69, 9.17) is 28.9 Å². The van der Waals surface area contributed by atoms with Crippen molar-refractivity contribution in [2.45, 2.75) is 13.5 Å². The summed E-state index contributed by atoms with van der Waals surface area (Å²) in [4.78, 5) is 10.6. The third-order valence-electron chi connectivity index (χ3n) is 2.76. The van der Waals surface area contributed by atoms with E-state index in [-0.39, 0.29) is 0 Å². The molecule has 0 bridgehead atoms. The zero-order valence-corrected chi connectivity index (χ0v) is 12.7. The molecule has 1 aromatic carbocycles. The van der Waals surface area contributed by atoms with Gasteiger partial charge in [-0.3, -0.25) is 0 Å². The van der Waals surface area contributed by atoms with E-state index in [1.807, 2.05) is 18.2 Å². The minimum Gasteiger partial charge on any atom is -0.350 e. The number of aromatic nitrogens is 2. The van der Waals surface area contributed by atoms with Gasteiger partial charge in [0.05, 0.1) is 24.0 Å². The molecule has 21 heavy (non-hydrogen) atoms. The molecule has 110 valence electrons. The number of halogens is 2. The number of nitrogens with one attached hydrogen (secondary N) is 1. The molecule has 8 heteroatoms. The summed E-state index contributed by atoms with van der Waals surface area (Å²) >= 11 is 12.4. The van der Waals surface area contributed by atoms with Gasteiger partial charge in [-0.1, -0.05) is 41.4 Å². The monoisotopic (exact) mass is 325 g/mol. The first-order valence-electron chi connectivity index (χ1n) is 6.04. The highest BCUT2D eigenvalue weighted by Gasteiger charge is 2.13. The molecule has 0 unspecified atom stereocenters. The third-order valence-corrected chi connectivity index (χ3v) is 3.52. The van der Waals surface area contributed by atoms with Crippen LogP contribution < -0.4 is 11.2 Å². The van der Waals surface area contributed by atoms with E-state index in [1.165, 1.54) is 6.21 Å². The Morgan fingerprint density at radius 1 is 1.48 bits per heavy atom. The minimum atomic E-state index is -0.747. The average molecular weight is 326 g/mol. The van der Waals surface area contributed by atoms with Gasteiger partial charge in [0.25, 0.3) is 0 Å². The van der Waals surface area contributed by atoms with Crippen molar-refractivity contribution in [1.29, 1.82) is 0 Å². The summed E-state index contributed by atoms with van der Waals surface area (Å²) in [6.45, 7) is 2.23. The average Bonchev–Trinajstić information content (AvgIpc) is 2.68. The second-order valence-electron chi connectivity index (χ2n) is 4.27. The molecule has 1 aromatic heterocycles. The fourth-order valence-electron chi connectivity index (χ4n) is 1.77. The van der Waals surface area contributed by atoms with Crippen molar-refractivity contribution in [2.24, 2.45) is 10.8 Å². The fourth-order valence-corrected chi connectivity index (χ4v) is 2.25. The Labute approximate surface area is 131 Å². The quantitative estimate of drug-likeness (QED) is 0.668. The van der Waals surface area contributed by atoms with Gasteiger partial charge in [0, 0.05) is 5.02 Å². The predicted octanol–water partition coefficient (Wildman–Crippen LogP) is 2.55. The van der Waals surface area contributed by atoms with Crippen LogP contribution >= 0.6 is 23.2 Å². The Morgan fingerprint density at radius 3 is 2.86 bits per heavy atom. The van der Waals surface area contributed by atoms with Gasteiger partial charge in [-0.05, 0) is 18.6 Å². The van der Waals surface area contributed by atoms with Crippen LogP contribution in [0.3, 0.4) is 0 Å². The molecule has 2 rings (SSSR count). The Morgan fingerprint density at radius 2 is 2.19 bits per heavy atom. The van der Waals surface area contributed by atoms with Crippen molar-refractivity contribution in [3.63, 3.8) is 0 Å². The number of nitrogens with zero attached hydrogens (tertiary/aromatic N) is 3. The van der Waals surface area contributed by atoms with Crippen LogP contribution in [-0.2, 0) is 6.54 Å². The van der Waals surface area contributed by atoms with Gasteiger partial charge in [-0.15, -0.1) is 0 Å². The maximum absolute atomic E-state index is 10.6. The molecule has 0 aliphatic heterocycles. The molecule has 1 heterocycles. The lowest BCUT2D eigenvalue weighted by Gasteiger charge is -2.05. The Kier molecular flexibility index (Phi) is 4.82. The van der Waals surface area contributed by atoms with E-state index in [0.717, 1.165) is 5.56 Å². The van der Waals surface area contributed by atoms with E-state index in [2.05, 4.69) is 15.6 Å². The predicted molar refractivity (Wildman–Crippen MR) is 82.8 cm³/mol. The molecule has 0 saturated heterocycles. The smallest absolute Gasteiger partial charge is 0.332 e. The second kappa shape index (κ2) is 6.60. The van der Waals surface area contributed by atoms with Gasteiger partial charge in [0.2, 0.25) is 0 Å². The SMILES string of the molecule is Cc1nn(Cc2ccccc2Cl)c(Cl)c1/C=N\NC(N)=O. The number of primary amides is 1. The maximum Gasteiger partial charge on any atom is 0.332 e. The molecule has 0 saturated carbocycles. The molecular formula is C13H13Cl2N5O. The zero-order chi connectivity index (χ0) is 15.4. The van der Waals surface area contributed by atoms with Crippen molar-refractivity contribution in [1.82, 2.24) is 15.2 Å². The van der Waals surface area contributed by atoms with Gasteiger partial charge >= 0.3 is 6.03 Å². The fraction of sp³-hybridized carbons (Fsp3) is 0.154. The van der Waals surface area contributed by atoms with Gasteiger partial charge in [0.15, 0.2) is 0 Å². The number of urea groups is 1. The Bertz CT molecular complexity index is 696. The first kappa shape index (κ1) is 15.3. The van der Waals surface area contributed by atoms with Crippen LogP contribution in [0, 0.1) is 6.92 Å². The minimum absolute atomic E-state index is 0.405. The standard InChI is InChI=1S/C13H13Cl2N5O/c1-8-10(6-17-18-13(16)21)12(15)20(19-8)7-9-4-2-3-5-11(9)14/h2-6H,7H2,1H3,(H3,16,18,21)/b17-6-. The molecule has 0 aliphatic rings. The summed E-state index contributed by atoms with van der Waals surface area (Å²) in [5.74, 6) is 0. The van der Waals surface area contributed by atoms with E-state index in [9.17, 15) is 4.79 Å². The lowest BCUT2D eigenvalue weighted by molar-refractivity contribution is 0.249. The van der Waals surface area contributed by atoms with Crippen LogP contribution in [-0.4, -0.2) is 22.0 Å². The number of benzene rings is 1. The van der Waals surface area contributed by atoms with Crippen LogP contribution in [0.25, 0.3) is 0 Å². The number of rotatable bonds is 4. The number of carbonyl (C=O) groups excluding carboxylic acids is 1. The van der Waals surface area contributed by atoms with Gasteiger partial charge in [0.1, 0.15) is 5.15 Å². The van der Waals surface area contributed by atoms with Gasteiger partial charge in [-0.2, -0.15) is 10.2 Å². The first-order valence-corrected chi connectivity index (χ1v) is 6.79. The molecule has 0 atom stereocenters. The zero-order valence-electron chi connectivity index (χ0n) is 11.2. The highest BCUT2D eigenvalue weighted by molar-refractivity contribution is 6.32. The van der Waals surface area contributed by atoms with E-state index in [1.54, 1.807) is 17.7 Å². The molecule has 0 fully saturated rings. The number of nitrogens with two attached hydrogens (primary N) is 1. The second-order valence-corrected chi connectivity index (χ2v) is 5.04.